The number of hydrogen-bond donors (Lipinski definition) is 0. The van der Waals surface area contributed by atoms with Gasteiger partial charge in [0.05, 0.1) is 5.92 Å². The largest absolute Gasteiger partial charge is 0.459 e. The summed E-state index contributed by atoms with van der Waals surface area (Å²) in [6.07, 6.45) is 9.11. The van der Waals surface area contributed by atoms with Crippen molar-refractivity contribution in [2.75, 3.05) is 0 Å². The van der Waals surface area contributed by atoms with E-state index < -0.39 is 0 Å². The number of carbonyl (C=O) groups is 1. The summed E-state index contributed by atoms with van der Waals surface area (Å²) in [7, 11) is 0. The van der Waals surface area contributed by atoms with E-state index in [1.807, 2.05) is 0 Å². The minimum absolute atomic E-state index is 0.0699. The van der Waals surface area contributed by atoms with Gasteiger partial charge in [-0.15, -0.1) is 0 Å². The van der Waals surface area contributed by atoms with Gasteiger partial charge >= 0.3 is 5.97 Å². The van der Waals surface area contributed by atoms with Crippen LogP contribution >= 0.6 is 0 Å². The second-order valence-electron chi connectivity index (χ2n) is 5.84. The molecule has 2 heteroatoms. The van der Waals surface area contributed by atoms with E-state index in [2.05, 4.69) is 26.0 Å². The standard InChI is InChI=1S/C14H20O2/c1-3-4-7-14(2)12-10-6-5-9(8-10)11(12)13(15)16-14/h5-6,9-12H,3-4,7-8H2,1-2H3/t9-,10+,11-,12+,14-/m0/s1. The Balaban J connectivity index is 1.87. The molecule has 0 aromatic heterocycles. The molecule has 2 bridgehead atoms. The van der Waals surface area contributed by atoms with E-state index in [4.69, 9.17) is 4.74 Å². The zero-order valence-electron chi connectivity index (χ0n) is 10.1. The van der Waals surface area contributed by atoms with Crippen LogP contribution in [0.3, 0.4) is 0 Å². The third kappa shape index (κ3) is 1.22. The van der Waals surface area contributed by atoms with Crippen molar-refractivity contribution in [1.29, 1.82) is 0 Å². The van der Waals surface area contributed by atoms with Crippen molar-refractivity contribution in [3.63, 3.8) is 0 Å². The highest BCUT2D eigenvalue weighted by atomic mass is 16.6. The van der Waals surface area contributed by atoms with Gasteiger partial charge < -0.3 is 4.74 Å². The molecule has 1 saturated heterocycles. The van der Waals surface area contributed by atoms with Crippen LogP contribution in [0.2, 0.25) is 0 Å². The van der Waals surface area contributed by atoms with Crippen molar-refractivity contribution >= 4 is 5.97 Å². The van der Waals surface area contributed by atoms with Gasteiger partial charge in [0.15, 0.2) is 0 Å². The van der Waals surface area contributed by atoms with Crippen LogP contribution in [0.1, 0.15) is 39.5 Å². The molecule has 1 saturated carbocycles. The van der Waals surface area contributed by atoms with Crippen molar-refractivity contribution in [2.24, 2.45) is 23.7 Å². The topological polar surface area (TPSA) is 26.3 Å². The molecule has 0 unspecified atom stereocenters. The lowest BCUT2D eigenvalue weighted by atomic mass is 9.73. The van der Waals surface area contributed by atoms with Crippen LogP contribution in [0.4, 0.5) is 0 Å². The SMILES string of the molecule is CCCC[C@]1(C)OC(=O)[C@@H]2[C@H]1[C@@H]1C=C[C@H]2C1. The van der Waals surface area contributed by atoms with Crippen LogP contribution < -0.4 is 0 Å². The average Bonchev–Trinajstić information content (AvgIpc) is 2.90. The van der Waals surface area contributed by atoms with Gasteiger partial charge in [0.1, 0.15) is 5.60 Å². The molecule has 1 heterocycles. The molecular weight excluding hydrogens is 200 g/mol. The van der Waals surface area contributed by atoms with Crippen molar-refractivity contribution in [3.8, 4) is 0 Å². The fraction of sp³-hybridized carbons (Fsp3) is 0.786. The number of fused-ring (bicyclic) bond motifs is 5. The smallest absolute Gasteiger partial charge is 0.310 e. The fourth-order valence-electron chi connectivity index (χ4n) is 4.09. The first-order valence-electron chi connectivity index (χ1n) is 6.57. The van der Waals surface area contributed by atoms with Gasteiger partial charge in [-0.1, -0.05) is 25.5 Å². The van der Waals surface area contributed by atoms with Crippen LogP contribution in [-0.2, 0) is 9.53 Å². The molecule has 0 aromatic rings. The summed E-state index contributed by atoms with van der Waals surface area (Å²) < 4.78 is 5.72. The molecule has 3 rings (SSSR count). The number of esters is 1. The molecule has 0 radical (unpaired) electrons. The Bertz CT molecular complexity index is 347. The monoisotopic (exact) mass is 220 g/mol. The maximum absolute atomic E-state index is 12.0. The Hall–Kier alpha value is -0.790. The molecule has 2 fully saturated rings. The number of allylic oxidation sites excluding steroid dienone is 2. The highest BCUT2D eigenvalue weighted by Crippen LogP contribution is 2.58. The summed E-state index contributed by atoms with van der Waals surface area (Å²) in [6.45, 7) is 4.35. The Morgan fingerprint density at radius 3 is 2.94 bits per heavy atom. The summed E-state index contributed by atoms with van der Waals surface area (Å²) in [5.74, 6) is 1.79. The summed E-state index contributed by atoms with van der Waals surface area (Å²) in [5.41, 5.74) is -0.179. The molecule has 16 heavy (non-hydrogen) atoms. The number of rotatable bonds is 3. The quantitative estimate of drug-likeness (QED) is 0.540. The second-order valence-corrected chi connectivity index (χ2v) is 5.84. The van der Waals surface area contributed by atoms with Crippen molar-refractivity contribution in [2.45, 2.75) is 45.1 Å². The van der Waals surface area contributed by atoms with Gasteiger partial charge in [0, 0.05) is 5.92 Å². The molecule has 1 aliphatic heterocycles. The van der Waals surface area contributed by atoms with Crippen molar-refractivity contribution in [1.82, 2.24) is 0 Å². The van der Waals surface area contributed by atoms with Crippen molar-refractivity contribution < 1.29 is 9.53 Å². The lowest BCUT2D eigenvalue weighted by Crippen LogP contribution is -2.36. The van der Waals surface area contributed by atoms with E-state index in [0.717, 1.165) is 12.8 Å². The third-order valence-corrected chi connectivity index (χ3v) is 4.80. The molecule has 0 spiro atoms. The van der Waals surface area contributed by atoms with Crippen LogP contribution in [0.25, 0.3) is 0 Å². The number of carbonyl (C=O) groups excluding carboxylic acids is 1. The highest BCUT2D eigenvalue weighted by molar-refractivity contribution is 5.78. The Kier molecular flexibility index (Phi) is 2.17. The molecule has 3 aliphatic rings. The minimum atomic E-state index is -0.179. The van der Waals surface area contributed by atoms with Crippen LogP contribution in [0.5, 0.6) is 0 Å². The van der Waals surface area contributed by atoms with E-state index in [1.165, 1.54) is 12.8 Å². The number of ether oxygens (including phenoxy) is 1. The molecule has 2 aliphatic carbocycles. The lowest BCUT2D eigenvalue weighted by Gasteiger charge is -2.32. The summed E-state index contributed by atoms with van der Waals surface area (Å²) >= 11 is 0. The van der Waals surface area contributed by atoms with Gasteiger partial charge in [-0.2, -0.15) is 0 Å². The van der Waals surface area contributed by atoms with E-state index in [9.17, 15) is 4.79 Å². The van der Waals surface area contributed by atoms with Crippen molar-refractivity contribution in [3.05, 3.63) is 12.2 Å². The van der Waals surface area contributed by atoms with E-state index in [-0.39, 0.29) is 17.5 Å². The normalized spacial score (nSPS) is 48.5. The zero-order valence-corrected chi connectivity index (χ0v) is 10.1. The van der Waals surface area contributed by atoms with E-state index >= 15 is 0 Å². The van der Waals surface area contributed by atoms with Gasteiger partial charge in [0.2, 0.25) is 0 Å². The predicted molar refractivity (Wildman–Crippen MR) is 61.7 cm³/mol. The maximum Gasteiger partial charge on any atom is 0.310 e. The van der Waals surface area contributed by atoms with Crippen LogP contribution in [-0.4, -0.2) is 11.6 Å². The average molecular weight is 220 g/mol. The van der Waals surface area contributed by atoms with Crippen LogP contribution in [0, 0.1) is 23.7 Å². The third-order valence-electron chi connectivity index (χ3n) is 4.80. The molecule has 2 nitrogen and oxygen atoms in total. The summed E-state index contributed by atoms with van der Waals surface area (Å²) in [6, 6.07) is 0. The Morgan fingerprint density at radius 1 is 1.44 bits per heavy atom. The first-order chi connectivity index (χ1) is 7.65. The summed E-state index contributed by atoms with van der Waals surface area (Å²) in [4.78, 5) is 12.0. The number of cyclic esters (lactones) is 1. The lowest BCUT2D eigenvalue weighted by molar-refractivity contribution is -0.151. The summed E-state index contributed by atoms with van der Waals surface area (Å²) in [5, 5.41) is 0. The fourth-order valence-corrected chi connectivity index (χ4v) is 4.09. The number of unbranched alkanes of at least 4 members (excludes halogenated alkanes) is 1. The Labute approximate surface area is 97.1 Å². The molecule has 0 amide bonds. The second kappa shape index (κ2) is 3.35. The minimum Gasteiger partial charge on any atom is -0.459 e. The first-order valence-corrected chi connectivity index (χ1v) is 6.57. The van der Waals surface area contributed by atoms with Gasteiger partial charge in [0.25, 0.3) is 0 Å². The van der Waals surface area contributed by atoms with E-state index in [0.29, 0.717) is 17.8 Å². The van der Waals surface area contributed by atoms with Gasteiger partial charge in [-0.25, -0.2) is 0 Å². The molecule has 88 valence electrons. The molecular formula is C14H20O2. The molecule has 0 N–H and O–H groups in total. The Morgan fingerprint density at radius 2 is 2.19 bits per heavy atom. The maximum atomic E-state index is 12.0. The molecule has 5 atom stereocenters. The highest BCUT2D eigenvalue weighted by Gasteiger charge is 2.62. The molecule has 0 aromatic carbocycles. The number of hydrogen-bond acceptors (Lipinski definition) is 2. The first kappa shape index (κ1) is 10.4. The predicted octanol–water partition coefficient (Wildman–Crippen LogP) is 2.93. The van der Waals surface area contributed by atoms with E-state index in [1.54, 1.807) is 0 Å². The van der Waals surface area contributed by atoms with Crippen LogP contribution in [0.15, 0.2) is 12.2 Å². The van der Waals surface area contributed by atoms with Gasteiger partial charge in [-0.3, -0.25) is 4.79 Å². The zero-order chi connectivity index (χ0) is 11.3. The van der Waals surface area contributed by atoms with Gasteiger partial charge in [-0.05, 0) is 38.0 Å².